The van der Waals surface area contributed by atoms with Crippen LogP contribution in [0.5, 0.6) is 11.5 Å². The molecule has 0 saturated carbocycles. The zero-order valence-corrected chi connectivity index (χ0v) is 14.2. The zero-order chi connectivity index (χ0) is 17.6. The van der Waals surface area contributed by atoms with Crippen molar-refractivity contribution in [1.29, 1.82) is 0 Å². The first kappa shape index (κ1) is 15.6. The van der Waals surface area contributed by atoms with Crippen LogP contribution in [0.2, 0.25) is 5.02 Å². The summed E-state index contributed by atoms with van der Waals surface area (Å²) in [7, 11) is 0. The number of rotatable bonds is 3. The highest BCUT2D eigenvalue weighted by Gasteiger charge is 2.26. The highest BCUT2D eigenvalue weighted by molar-refractivity contribution is 6.32. The molecule has 128 valence electrons. The van der Waals surface area contributed by atoms with Crippen LogP contribution in [0.4, 0.5) is 5.95 Å². The fraction of sp³-hybridized carbons (Fsp3) is 0.176. The van der Waals surface area contributed by atoms with Gasteiger partial charge in [-0.3, -0.25) is 9.88 Å². The number of anilines is 1. The number of hydrogen-bond acceptors (Lipinski definition) is 6. The van der Waals surface area contributed by atoms with Crippen molar-refractivity contribution < 1.29 is 9.84 Å². The molecule has 0 amide bonds. The fourth-order valence-corrected chi connectivity index (χ4v) is 3.17. The van der Waals surface area contributed by atoms with Crippen molar-refractivity contribution >= 4 is 34.5 Å². The van der Waals surface area contributed by atoms with E-state index >= 15 is 0 Å². The number of ether oxygens (including phenoxy) is 1. The Morgan fingerprint density at radius 1 is 1.36 bits per heavy atom. The van der Waals surface area contributed by atoms with Crippen LogP contribution in [0.15, 0.2) is 41.4 Å². The second-order valence-electron chi connectivity index (χ2n) is 5.59. The topological polar surface area (TPSA) is 97.7 Å². The number of halogens is 1. The van der Waals surface area contributed by atoms with Crippen molar-refractivity contribution in [2.45, 2.75) is 13.1 Å². The first-order valence-corrected chi connectivity index (χ1v) is 8.18. The number of nitrogens with one attached hydrogen (secondary N) is 1. The summed E-state index contributed by atoms with van der Waals surface area (Å²) < 4.78 is 7.41. The van der Waals surface area contributed by atoms with Gasteiger partial charge in [0.05, 0.1) is 22.7 Å². The van der Waals surface area contributed by atoms with E-state index in [2.05, 4.69) is 15.3 Å². The normalized spacial score (nSPS) is 16.2. The average molecular weight is 358 g/mol. The second-order valence-corrected chi connectivity index (χ2v) is 6.00. The Labute approximate surface area is 148 Å². The third-order valence-corrected chi connectivity index (χ3v) is 4.28. The van der Waals surface area contributed by atoms with Crippen molar-refractivity contribution in [1.82, 2.24) is 9.55 Å². The molecule has 1 aromatic heterocycles. The average Bonchev–Trinajstić information content (AvgIpc) is 2.96. The SMILES string of the molecule is CCOc1cc(C2N=C(N)Nc3nc4ccccc4n32)cc(Cl)c1O. The molecule has 2 heterocycles. The van der Waals surface area contributed by atoms with Gasteiger partial charge < -0.3 is 15.6 Å². The minimum Gasteiger partial charge on any atom is -0.503 e. The van der Waals surface area contributed by atoms with Crippen molar-refractivity contribution in [3.05, 3.63) is 47.0 Å². The summed E-state index contributed by atoms with van der Waals surface area (Å²) >= 11 is 6.18. The number of nitrogens with zero attached hydrogens (tertiary/aromatic N) is 3. The van der Waals surface area contributed by atoms with E-state index in [0.717, 1.165) is 16.6 Å². The Morgan fingerprint density at radius 3 is 2.96 bits per heavy atom. The smallest absolute Gasteiger partial charge is 0.212 e. The Bertz CT molecular complexity index is 998. The Kier molecular flexibility index (Phi) is 3.65. The minimum absolute atomic E-state index is 0.0890. The molecule has 8 heteroatoms. The van der Waals surface area contributed by atoms with Crippen molar-refractivity contribution in [3.63, 3.8) is 0 Å². The first-order valence-electron chi connectivity index (χ1n) is 7.81. The summed E-state index contributed by atoms with van der Waals surface area (Å²) in [6.45, 7) is 2.24. The molecule has 1 aliphatic rings. The number of aromatic nitrogens is 2. The summed E-state index contributed by atoms with van der Waals surface area (Å²) in [6.07, 6.45) is -0.471. The van der Waals surface area contributed by atoms with Gasteiger partial charge >= 0.3 is 0 Å². The van der Waals surface area contributed by atoms with Crippen LogP contribution in [0.25, 0.3) is 11.0 Å². The van der Waals surface area contributed by atoms with E-state index in [1.165, 1.54) is 0 Å². The van der Waals surface area contributed by atoms with Crippen LogP contribution in [0.1, 0.15) is 18.7 Å². The van der Waals surface area contributed by atoms with Crippen molar-refractivity contribution in [3.8, 4) is 11.5 Å². The molecule has 7 nitrogen and oxygen atoms in total. The maximum Gasteiger partial charge on any atom is 0.212 e. The van der Waals surface area contributed by atoms with E-state index in [4.69, 9.17) is 22.1 Å². The number of phenols is 1. The van der Waals surface area contributed by atoms with E-state index in [9.17, 15) is 5.11 Å². The van der Waals surface area contributed by atoms with Gasteiger partial charge in [-0.2, -0.15) is 0 Å². The molecule has 1 aliphatic heterocycles. The summed E-state index contributed by atoms with van der Waals surface area (Å²) in [6, 6.07) is 11.1. The number of fused-ring (bicyclic) bond motifs is 3. The van der Waals surface area contributed by atoms with Crippen LogP contribution in [-0.2, 0) is 0 Å². The molecule has 0 aliphatic carbocycles. The molecular formula is C17H16ClN5O2. The van der Waals surface area contributed by atoms with Crippen molar-refractivity contribution in [2.75, 3.05) is 11.9 Å². The van der Waals surface area contributed by atoms with Gasteiger partial charge in [0.2, 0.25) is 5.95 Å². The van der Waals surface area contributed by atoms with E-state index in [0.29, 0.717) is 18.3 Å². The molecule has 1 unspecified atom stereocenters. The fourth-order valence-electron chi connectivity index (χ4n) is 2.95. The van der Waals surface area contributed by atoms with Gasteiger partial charge in [0.15, 0.2) is 23.6 Å². The number of benzene rings is 2. The lowest BCUT2D eigenvalue weighted by atomic mass is 10.1. The Balaban J connectivity index is 1.92. The van der Waals surface area contributed by atoms with Gasteiger partial charge in [-0.15, -0.1) is 0 Å². The monoisotopic (exact) mass is 357 g/mol. The summed E-state index contributed by atoms with van der Waals surface area (Å²) in [5, 5.41) is 13.3. The van der Waals surface area contributed by atoms with Crippen LogP contribution in [-0.4, -0.2) is 27.2 Å². The molecule has 0 radical (unpaired) electrons. The van der Waals surface area contributed by atoms with E-state index in [1.54, 1.807) is 12.1 Å². The molecule has 0 saturated heterocycles. The standard InChI is InChI=1S/C17H16ClN5O2/c1-2-25-13-8-9(7-10(18)14(13)24)15-21-16(19)22-17-20-11-5-3-4-6-12(11)23(15)17/h3-8,15,24H,2H2,1H3,(H3,19,20,21,22). The number of para-hydroxylation sites is 2. The molecule has 0 fully saturated rings. The largest absolute Gasteiger partial charge is 0.503 e. The highest BCUT2D eigenvalue weighted by atomic mass is 35.5. The molecule has 1 atom stereocenters. The molecule has 2 aromatic carbocycles. The van der Waals surface area contributed by atoms with Gasteiger partial charge in [0.25, 0.3) is 0 Å². The molecule has 0 spiro atoms. The lowest BCUT2D eigenvalue weighted by Crippen LogP contribution is -2.31. The van der Waals surface area contributed by atoms with Crippen molar-refractivity contribution in [2.24, 2.45) is 10.7 Å². The number of imidazole rings is 1. The quantitative estimate of drug-likeness (QED) is 0.669. The number of nitrogens with two attached hydrogens (primary N) is 1. The number of guanidine groups is 1. The van der Waals surface area contributed by atoms with Gasteiger partial charge in [-0.1, -0.05) is 23.7 Å². The first-order chi connectivity index (χ1) is 12.1. The minimum atomic E-state index is -0.471. The molecular weight excluding hydrogens is 342 g/mol. The number of aliphatic imine (C=N–C) groups is 1. The van der Waals surface area contributed by atoms with E-state index in [-0.39, 0.29) is 16.7 Å². The molecule has 4 N–H and O–H groups in total. The summed E-state index contributed by atoms with van der Waals surface area (Å²) in [5.74, 6) is 1.08. The van der Waals surface area contributed by atoms with E-state index < -0.39 is 6.17 Å². The second kappa shape index (κ2) is 5.86. The lowest BCUT2D eigenvalue weighted by Gasteiger charge is -2.24. The highest BCUT2D eigenvalue weighted by Crippen LogP contribution is 2.40. The Hall–Kier alpha value is -2.93. The van der Waals surface area contributed by atoms with E-state index in [1.807, 2.05) is 35.8 Å². The lowest BCUT2D eigenvalue weighted by molar-refractivity contribution is 0.317. The zero-order valence-electron chi connectivity index (χ0n) is 13.4. The Morgan fingerprint density at radius 2 is 2.16 bits per heavy atom. The van der Waals surface area contributed by atoms with Crippen LogP contribution in [0, 0.1) is 0 Å². The molecule has 0 bridgehead atoms. The predicted octanol–water partition coefficient (Wildman–Crippen LogP) is 3.08. The molecule has 25 heavy (non-hydrogen) atoms. The maximum absolute atomic E-state index is 10.1. The van der Waals surface area contributed by atoms with Crippen LogP contribution >= 0.6 is 11.6 Å². The maximum atomic E-state index is 10.1. The number of phenolic OH excluding ortho intramolecular Hbond substituents is 1. The third kappa shape index (κ3) is 2.53. The predicted molar refractivity (Wildman–Crippen MR) is 97.4 cm³/mol. The summed E-state index contributed by atoms with van der Waals surface area (Å²) in [4.78, 5) is 9.05. The van der Waals surface area contributed by atoms with Gasteiger partial charge in [-0.25, -0.2) is 9.98 Å². The van der Waals surface area contributed by atoms with Gasteiger partial charge in [0, 0.05) is 5.56 Å². The third-order valence-electron chi connectivity index (χ3n) is 3.99. The molecule has 3 aromatic rings. The number of aromatic hydroxyl groups is 1. The number of hydrogen-bond donors (Lipinski definition) is 3. The van der Waals surface area contributed by atoms with Gasteiger partial charge in [0.1, 0.15) is 0 Å². The van der Waals surface area contributed by atoms with Crippen LogP contribution in [0.3, 0.4) is 0 Å². The van der Waals surface area contributed by atoms with Crippen LogP contribution < -0.4 is 15.8 Å². The summed E-state index contributed by atoms with van der Waals surface area (Å²) in [5.41, 5.74) is 8.41. The molecule has 4 rings (SSSR count). The van der Waals surface area contributed by atoms with Gasteiger partial charge in [-0.05, 0) is 31.2 Å².